The molecule has 2 heterocycles. The molecule has 138 valence electrons. The van der Waals surface area contributed by atoms with Gasteiger partial charge in [-0.2, -0.15) is 0 Å². The molecule has 1 aromatic rings. The zero-order valence-corrected chi connectivity index (χ0v) is 16.7. The van der Waals surface area contributed by atoms with Crippen molar-refractivity contribution in [1.82, 2.24) is 0 Å². The highest BCUT2D eigenvalue weighted by Crippen LogP contribution is 2.43. The summed E-state index contributed by atoms with van der Waals surface area (Å²) in [6.07, 6.45) is 0.849. The fourth-order valence-electron chi connectivity index (χ4n) is 2.99. The van der Waals surface area contributed by atoms with Gasteiger partial charge in [-0.3, -0.25) is 0 Å². The van der Waals surface area contributed by atoms with Crippen LogP contribution in [-0.2, 0) is 14.0 Å². The second-order valence-electron chi connectivity index (χ2n) is 8.40. The number of hydrogen-bond donors (Lipinski definition) is 0. The van der Waals surface area contributed by atoms with Crippen molar-refractivity contribution in [2.24, 2.45) is 11.8 Å². The minimum Gasteiger partial charge on any atom is -0.454 e. The van der Waals surface area contributed by atoms with Gasteiger partial charge in [0.05, 0.1) is 12.7 Å². The molecule has 0 aromatic heterocycles. The summed E-state index contributed by atoms with van der Waals surface area (Å²) in [5, 5.41) is 0.136. The highest BCUT2D eigenvalue weighted by Gasteiger charge is 2.42. The molecule has 0 saturated carbocycles. The molecule has 1 saturated heterocycles. The Bertz CT molecular complexity index is 637. The van der Waals surface area contributed by atoms with Crippen LogP contribution < -0.4 is 9.47 Å². The van der Waals surface area contributed by atoms with Gasteiger partial charge < -0.3 is 23.4 Å². The smallest absolute Gasteiger partial charge is 0.231 e. The average molecular weight is 365 g/mol. The molecule has 0 aliphatic carbocycles. The first kappa shape index (κ1) is 18.4. The molecule has 1 fully saturated rings. The Kier molecular flexibility index (Phi) is 4.97. The SMILES string of the molecule is CC(C)(C)[Si](C)(C)OC[C@@H]1[C@@H](c2ccc3c(c2)OCO3)OC[C@@H]1C=O. The van der Waals surface area contributed by atoms with Crippen LogP contribution >= 0.6 is 0 Å². The van der Waals surface area contributed by atoms with Crippen molar-refractivity contribution < 1.29 is 23.4 Å². The Labute approximate surface area is 150 Å². The van der Waals surface area contributed by atoms with Crippen LogP contribution in [0.25, 0.3) is 0 Å². The molecule has 0 unspecified atom stereocenters. The first-order chi connectivity index (χ1) is 11.7. The van der Waals surface area contributed by atoms with Crippen LogP contribution in [0.1, 0.15) is 32.4 Å². The quantitative estimate of drug-likeness (QED) is 0.585. The molecule has 0 spiro atoms. The molecule has 3 rings (SSSR count). The maximum Gasteiger partial charge on any atom is 0.231 e. The third kappa shape index (κ3) is 3.61. The van der Waals surface area contributed by atoms with Crippen LogP contribution in [0.3, 0.4) is 0 Å². The van der Waals surface area contributed by atoms with Gasteiger partial charge in [-0.1, -0.05) is 26.8 Å². The third-order valence-corrected chi connectivity index (χ3v) is 10.3. The molecule has 0 radical (unpaired) electrons. The van der Waals surface area contributed by atoms with Gasteiger partial charge in [0.15, 0.2) is 19.8 Å². The van der Waals surface area contributed by atoms with Crippen molar-refractivity contribution in [3.63, 3.8) is 0 Å². The van der Waals surface area contributed by atoms with Crippen molar-refractivity contribution in [2.75, 3.05) is 20.0 Å². The van der Waals surface area contributed by atoms with Gasteiger partial charge in [-0.25, -0.2) is 0 Å². The lowest BCUT2D eigenvalue weighted by Crippen LogP contribution is -2.42. The summed E-state index contributed by atoms with van der Waals surface area (Å²) in [6, 6.07) is 5.85. The van der Waals surface area contributed by atoms with Crippen molar-refractivity contribution in [2.45, 2.75) is 45.0 Å². The van der Waals surface area contributed by atoms with Gasteiger partial charge >= 0.3 is 0 Å². The minimum atomic E-state index is -1.88. The number of hydrogen-bond acceptors (Lipinski definition) is 5. The second-order valence-corrected chi connectivity index (χ2v) is 13.2. The number of rotatable bonds is 5. The van der Waals surface area contributed by atoms with Crippen molar-refractivity contribution in [1.29, 1.82) is 0 Å². The topological polar surface area (TPSA) is 54.0 Å². The summed E-state index contributed by atoms with van der Waals surface area (Å²) in [6.45, 7) is 12.3. The Morgan fingerprint density at radius 3 is 2.64 bits per heavy atom. The van der Waals surface area contributed by atoms with E-state index in [-0.39, 0.29) is 29.8 Å². The predicted octanol–water partition coefficient (Wildman–Crippen LogP) is 3.94. The van der Waals surface area contributed by atoms with Crippen LogP contribution in [-0.4, -0.2) is 34.6 Å². The fourth-order valence-corrected chi connectivity index (χ4v) is 4.03. The Hall–Kier alpha value is -1.37. The molecule has 5 nitrogen and oxygen atoms in total. The number of carbonyl (C=O) groups excluding carboxylic acids is 1. The summed E-state index contributed by atoms with van der Waals surface area (Å²) in [7, 11) is -1.88. The Morgan fingerprint density at radius 1 is 1.24 bits per heavy atom. The van der Waals surface area contributed by atoms with E-state index in [0.29, 0.717) is 13.2 Å². The van der Waals surface area contributed by atoms with E-state index in [2.05, 4.69) is 33.9 Å². The highest BCUT2D eigenvalue weighted by atomic mass is 28.4. The maximum absolute atomic E-state index is 11.5. The van der Waals surface area contributed by atoms with Gasteiger partial charge in [0.2, 0.25) is 6.79 Å². The van der Waals surface area contributed by atoms with Crippen molar-refractivity contribution in [3.05, 3.63) is 23.8 Å². The molecule has 25 heavy (non-hydrogen) atoms. The summed E-state index contributed by atoms with van der Waals surface area (Å²) in [5.41, 5.74) is 1.01. The van der Waals surface area contributed by atoms with Gasteiger partial charge in [-0.05, 0) is 35.8 Å². The Balaban J connectivity index is 1.78. The molecular weight excluding hydrogens is 336 g/mol. The molecule has 6 heteroatoms. The molecular formula is C19H28O5Si. The van der Waals surface area contributed by atoms with Crippen molar-refractivity contribution >= 4 is 14.6 Å². The highest BCUT2D eigenvalue weighted by molar-refractivity contribution is 6.74. The predicted molar refractivity (Wildman–Crippen MR) is 97.5 cm³/mol. The van der Waals surface area contributed by atoms with Gasteiger partial charge in [-0.15, -0.1) is 0 Å². The number of aldehydes is 1. The van der Waals surface area contributed by atoms with E-state index in [1.54, 1.807) is 0 Å². The molecule has 2 aliphatic rings. The minimum absolute atomic E-state index is 0.0204. The van der Waals surface area contributed by atoms with E-state index in [0.717, 1.165) is 23.3 Å². The van der Waals surface area contributed by atoms with E-state index in [1.165, 1.54) is 0 Å². The zero-order chi connectivity index (χ0) is 18.2. The van der Waals surface area contributed by atoms with Crippen LogP contribution in [0.2, 0.25) is 18.1 Å². The first-order valence-corrected chi connectivity index (χ1v) is 11.7. The van der Waals surface area contributed by atoms with Crippen LogP contribution in [0.4, 0.5) is 0 Å². The lowest BCUT2D eigenvalue weighted by atomic mass is 9.89. The standard InChI is InChI=1S/C19H28O5Si/c1-19(2,3)25(4,5)24-11-15-14(9-20)10-21-18(15)13-6-7-16-17(8-13)23-12-22-16/h6-9,14-15,18H,10-12H2,1-5H3/t14-,15-,18+/m0/s1. The fraction of sp³-hybridized carbons (Fsp3) is 0.632. The lowest BCUT2D eigenvalue weighted by molar-refractivity contribution is -0.112. The average Bonchev–Trinajstić information content (AvgIpc) is 3.17. The number of carbonyl (C=O) groups is 1. The van der Waals surface area contributed by atoms with Crippen LogP contribution in [0, 0.1) is 11.8 Å². The molecule has 2 aliphatic heterocycles. The number of fused-ring (bicyclic) bond motifs is 1. The van der Waals surface area contributed by atoms with Crippen molar-refractivity contribution in [3.8, 4) is 11.5 Å². The Morgan fingerprint density at radius 2 is 1.96 bits per heavy atom. The van der Waals surface area contributed by atoms with E-state index >= 15 is 0 Å². The largest absolute Gasteiger partial charge is 0.454 e. The maximum atomic E-state index is 11.5. The molecule has 0 N–H and O–H groups in total. The van der Waals surface area contributed by atoms with E-state index < -0.39 is 8.32 Å². The normalized spacial score (nSPS) is 26.0. The lowest BCUT2D eigenvalue weighted by Gasteiger charge is -2.37. The van der Waals surface area contributed by atoms with E-state index in [4.69, 9.17) is 18.6 Å². The molecule has 1 aromatic carbocycles. The second kappa shape index (κ2) is 6.74. The zero-order valence-electron chi connectivity index (χ0n) is 15.7. The van der Waals surface area contributed by atoms with Gasteiger partial charge in [0.25, 0.3) is 0 Å². The summed E-state index contributed by atoms with van der Waals surface area (Å²) in [4.78, 5) is 11.5. The first-order valence-electron chi connectivity index (χ1n) is 8.83. The summed E-state index contributed by atoms with van der Waals surface area (Å²) < 4.78 is 23.2. The monoisotopic (exact) mass is 364 g/mol. The van der Waals surface area contributed by atoms with Crippen LogP contribution in [0.15, 0.2) is 18.2 Å². The molecule has 3 atom stereocenters. The van der Waals surface area contributed by atoms with E-state index in [9.17, 15) is 4.79 Å². The van der Waals surface area contributed by atoms with Crippen LogP contribution in [0.5, 0.6) is 11.5 Å². The van der Waals surface area contributed by atoms with Gasteiger partial charge in [0, 0.05) is 18.4 Å². The van der Waals surface area contributed by atoms with Gasteiger partial charge in [0.1, 0.15) is 6.29 Å². The number of benzene rings is 1. The summed E-state index contributed by atoms with van der Waals surface area (Å²) >= 11 is 0. The third-order valence-electron chi connectivity index (χ3n) is 5.75. The summed E-state index contributed by atoms with van der Waals surface area (Å²) in [5.74, 6) is 1.37. The molecule has 0 bridgehead atoms. The molecule has 0 amide bonds. The number of ether oxygens (including phenoxy) is 3. The van der Waals surface area contributed by atoms with E-state index in [1.807, 2.05) is 18.2 Å².